The average Bonchev–Trinajstić information content (AvgIpc) is 2.56. The monoisotopic (exact) mass is 331 g/mol. The summed E-state index contributed by atoms with van der Waals surface area (Å²) in [4.78, 5) is 0. The zero-order chi connectivity index (χ0) is 15.8. The number of nitrogens with one attached hydrogen (secondary N) is 2. The van der Waals surface area contributed by atoms with E-state index in [-0.39, 0.29) is 5.25 Å². The SMILES string of the molecule is CNC(=S)NCCSC(c1ccccc1)c1ccccc1N. The molecule has 2 aromatic carbocycles. The predicted octanol–water partition coefficient (Wildman–Crippen LogP) is 3.19. The first-order valence-electron chi connectivity index (χ1n) is 7.19. The van der Waals surface area contributed by atoms with Crippen molar-refractivity contribution in [1.82, 2.24) is 10.6 Å². The summed E-state index contributed by atoms with van der Waals surface area (Å²) >= 11 is 6.95. The minimum absolute atomic E-state index is 0.229. The van der Waals surface area contributed by atoms with Gasteiger partial charge in [-0.2, -0.15) is 0 Å². The van der Waals surface area contributed by atoms with E-state index < -0.39 is 0 Å². The van der Waals surface area contributed by atoms with Crippen LogP contribution in [0.5, 0.6) is 0 Å². The van der Waals surface area contributed by atoms with Crippen molar-refractivity contribution in [1.29, 1.82) is 0 Å². The van der Waals surface area contributed by atoms with Gasteiger partial charge in [0.05, 0.1) is 5.25 Å². The molecule has 0 bridgehead atoms. The molecule has 22 heavy (non-hydrogen) atoms. The van der Waals surface area contributed by atoms with Crippen LogP contribution in [-0.2, 0) is 0 Å². The molecule has 2 aromatic rings. The van der Waals surface area contributed by atoms with E-state index in [9.17, 15) is 0 Å². The quantitative estimate of drug-likeness (QED) is 0.431. The highest BCUT2D eigenvalue weighted by atomic mass is 32.2. The van der Waals surface area contributed by atoms with Gasteiger partial charge in [0.25, 0.3) is 0 Å². The summed E-state index contributed by atoms with van der Waals surface area (Å²) < 4.78 is 0. The number of para-hydroxylation sites is 1. The van der Waals surface area contributed by atoms with Gasteiger partial charge in [0.1, 0.15) is 0 Å². The fourth-order valence-electron chi connectivity index (χ4n) is 2.17. The maximum atomic E-state index is 6.17. The Morgan fingerprint density at radius 3 is 2.50 bits per heavy atom. The Bertz CT molecular complexity index is 602. The summed E-state index contributed by atoms with van der Waals surface area (Å²) in [5, 5.41) is 7.00. The van der Waals surface area contributed by atoms with Crippen LogP contribution in [0.15, 0.2) is 54.6 Å². The third-order valence-corrected chi connectivity index (χ3v) is 4.93. The van der Waals surface area contributed by atoms with E-state index in [1.165, 1.54) is 5.56 Å². The fraction of sp³-hybridized carbons (Fsp3) is 0.235. The number of anilines is 1. The fourth-order valence-corrected chi connectivity index (χ4v) is 3.47. The van der Waals surface area contributed by atoms with E-state index in [0.29, 0.717) is 5.11 Å². The Morgan fingerprint density at radius 1 is 1.14 bits per heavy atom. The molecule has 0 aliphatic rings. The summed E-state index contributed by atoms with van der Waals surface area (Å²) in [6.45, 7) is 0.820. The summed E-state index contributed by atoms with van der Waals surface area (Å²) in [6.07, 6.45) is 0. The maximum Gasteiger partial charge on any atom is 0.166 e. The predicted molar refractivity (Wildman–Crippen MR) is 101 cm³/mol. The molecule has 4 N–H and O–H groups in total. The summed E-state index contributed by atoms with van der Waals surface area (Å²) in [7, 11) is 1.82. The van der Waals surface area contributed by atoms with Crippen LogP contribution >= 0.6 is 24.0 Å². The Kier molecular flexibility index (Phi) is 6.55. The molecule has 0 radical (unpaired) electrons. The highest BCUT2D eigenvalue weighted by Crippen LogP contribution is 2.37. The number of rotatable bonds is 6. The van der Waals surface area contributed by atoms with Crippen molar-refractivity contribution in [3.05, 3.63) is 65.7 Å². The van der Waals surface area contributed by atoms with E-state index in [1.54, 1.807) is 0 Å². The molecule has 0 saturated heterocycles. The maximum absolute atomic E-state index is 6.17. The van der Waals surface area contributed by atoms with Crippen LogP contribution in [0.3, 0.4) is 0 Å². The van der Waals surface area contributed by atoms with Crippen LogP contribution in [0.25, 0.3) is 0 Å². The molecule has 1 unspecified atom stereocenters. The molecule has 0 fully saturated rings. The minimum Gasteiger partial charge on any atom is -0.398 e. The van der Waals surface area contributed by atoms with Gasteiger partial charge >= 0.3 is 0 Å². The highest BCUT2D eigenvalue weighted by Gasteiger charge is 2.16. The number of hydrogen-bond acceptors (Lipinski definition) is 3. The number of hydrogen-bond donors (Lipinski definition) is 3. The van der Waals surface area contributed by atoms with Gasteiger partial charge < -0.3 is 16.4 Å². The van der Waals surface area contributed by atoms with Crippen molar-refractivity contribution in [2.45, 2.75) is 5.25 Å². The van der Waals surface area contributed by atoms with Crippen molar-refractivity contribution < 1.29 is 0 Å². The van der Waals surface area contributed by atoms with E-state index in [0.717, 1.165) is 23.5 Å². The van der Waals surface area contributed by atoms with E-state index in [4.69, 9.17) is 18.0 Å². The molecule has 0 aliphatic carbocycles. The van der Waals surface area contributed by atoms with Gasteiger partial charge in [0.15, 0.2) is 5.11 Å². The van der Waals surface area contributed by atoms with E-state index >= 15 is 0 Å². The molecule has 2 rings (SSSR count). The number of nitrogens with two attached hydrogens (primary N) is 1. The molecule has 0 saturated carbocycles. The van der Waals surface area contributed by atoms with E-state index in [2.05, 4.69) is 41.0 Å². The highest BCUT2D eigenvalue weighted by molar-refractivity contribution is 7.99. The van der Waals surface area contributed by atoms with Crippen LogP contribution in [0.1, 0.15) is 16.4 Å². The minimum atomic E-state index is 0.229. The summed E-state index contributed by atoms with van der Waals surface area (Å²) in [5.74, 6) is 0.940. The van der Waals surface area contributed by atoms with Gasteiger partial charge in [-0.25, -0.2) is 0 Å². The van der Waals surface area contributed by atoms with E-state index in [1.807, 2.05) is 43.1 Å². The molecule has 1 atom stereocenters. The van der Waals surface area contributed by atoms with Crippen molar-refractivity contribution in [3.63, 3.8) is 0 Å². The first kappa shape index (κ1) is 16.6. The lowest BCUT2D eigenvalue weighted by atomic mass is 10.0. The van der Waals surface area contributed by atoms with Crippen molar-refractivity contribution >= 4 is 34.8 Å². The van der Waals surface area contributed by atoms with Gasteiger partial charge in [0, 0.05) is 25.0 Å². The second kappa shape index (κ2) is 8.66. The summed E-state index contributed by atoms with van der Waals surface area (Å²) in [5.41, 5.74) is 9.44. The number of benzene rings is 2. The van der Waals surface area contributed by atoms with Crippen molar-refractivity contribution in [2.75, 3.05) is 25.1 Å². The number of nitrogen functional groups attached to an aromatic ring is 1. The number of thioether (sulfide) groups is 1. The Labute approximate surface area is 141 Å². The van der Waals surface area contributed by atoms with Crippen LogP contribution in [0.2, 0.25) is 0 Å². The lowest BCUT2D eigenvalue weighted by molar-refractivity contribution is 0.940. The third kappa shape index (κ3) is 4.64. The zero-order valence-corrected chi connectivity index (χ0v) is 14.2. The molecule has 0 amide bonds. The first-order valence-corrected chi connectivity index (χ1v) is 8.64. The van der Waals surface area contributed by atoms with Crippen molar-refractivity contribution in [2.24, 2.45) is 0 Å². The second-order valence-corrected chi connectivity index (χ2v) is 6.42. The lowest BCUT2D eigenvalue weighted by Crippen LogP contribution is -2.33. The smallest absolute Gasteiger partial charge is 0.166 e. The van der Waals surface area contributed by atoms with Crippen molar-refractivity contribution in [3.8, 4) is 0 Å². The lowest BCUT2D eigenvalue weighted by Gasteiger charge is -2.19. The van der Waals surface area contributed by atoms with Gasteiger partial charge in [-0.15, -0.1) is 11.8 Å². The topological polar surface area (TPSA) is 50.1 Å². The molecule has 116 valence electrons. The number of thiocarbonyl (C=S) groups is 1. The Balaban J connectivity index is 2.10. The van der Waals surface area contributed by atoms with Crippen LogP contribution < -0.4 is 16.4 Å². The Hall–Kier alpha value is -1.72. The molecule has 0 aromatic heterocycles. The van der Waals surface area contributed by atoms with Crippen LogP contribution in [0, 0.1) is 0 Å². The molecular weight excluding hydrogens is 310 g/mol. The molecule has 3 nitrogen and oxygen atoms in total. The molecular formula is C17H21N3S2. The molecule has 5 heteroatoms. The molecule has 0 heterocycles. The first-order chi connectivity index (χ1) is 10.7. The largest absolute Gasteiger partial charge is 0.398 e. The van der Waals surface area contributed by atoms with Gasteiger partial charge in [-0.05, 0) is 29.4 Å². The van der Waals surface area contributed by atoms with Crippen LogP contribution in [0.4, 0.5) is 5.69 Å². The Morgan fingerprint density at radius 2 is 1.82 bits per heavy atom. The summed E-state index contributed by atoms with van der Waals surface area (Å²) in [6, 6.07) is 18.5. The zero-order valence-electron chi connectivity index (χ0n) is 12.6. The van der Waals surface area contributed by atoms with Gasteiger partial charge in [-0.3, -0.25) is 0 Å². The van der Waals surface area contributed by atoms with Gasteiger partial charge in [0.2, 0.25) is 0 Å². The molecule has 0 spiro atoms. The third-order valence-electron chi connectivity index (χ3n) is 3.28. The normalized spacial score (nSPS) is 11.7. The van der Waals surface area contributed by atoms with Crippen LogP contribution in [-0.4, -0.2) is 24.5 Å². The second-order valence-electron chi connectivity index (χ2n) is 4.80. The molecule has 0 aliphatic heterocycles. The van der Waals surface area contributed by atoms with Gasteiger partial charge in [-0.1, -0.05) is 48.5 Å². The average molecular weight is 332 g/mol. The standard InChI is InChI=1S/C17H21N3S2/c1-19-17(21)20-11-12-22-16(13-7-3-2-4-8-13)14-9-5-6-10-15(14)18/h2-10,16H,11-12,18H2,1H3,(H2,19,20,21).